The first-order chi connectivity index (χ1) is 13.3. The summed E-state index contributed by atoms with van der Waals surface area (Å²) < 4.78 is 3.54. The van der Waals surface area contributed by atoms with Gasteiger partial charge in [0.25, 0.3) is 5.56 Å². The minimum absolute atomic E-state index is 0.00866. The lowest BCUT2D eigenvalue weighted by atomic mass is 9.92. The molecule has 1 aliphatic heterocycles. The summed E-state index contributed by atoms with van der Waals surface area (Å²) >= 11 is 0. The predicted molar refractivity (Wildman–Crippen MR) is 111 cm³/mol. The first-order valence-corrected chi connectivity index (χ1v) is 9.79. The van der Waals surface area contributed by atoms with Crippen molar-refractivity contribution in [2.45, 2.75) is 32.7 Å². The molecule has 0 spiro atoms. The van der Waals surface area contributed by atoms with Crippen molar-refractivity contribution in [2.24, 2.45) is 7.05 Å². The van der Waals surface area contributed by atoms with Crippen molar-refractivity contribution in [2.75, 3.05) is 31.1 Å². The van der Waals surface area contributed by atoms with Crippen LogP contribution < -0.4 is 10.5 Å². The molecule has 0 unspecified atom stereocenters. The van der Waals surface area contributed by atoms with Crippen molar-refractivity contribution < 1.29 is 0 Å². The van der Waals surface area contributed by atoms with Crippen LogP contribution in [0.25, 0.3) is 5.52 Å². The van der Waals surface area contributed by atoms with Gasteiger partial charge in [0.05, 0.1) is 5.69 Å². The Balaban J connectivity index is 1.48. The van der Waals surface area contributed by atoms with Crippen molar-refractivity contribution in [3.05, 3.63) is 58.4 Å². The Bertz CT molecular complexity index is 1040. The molecule has 7 heteroatoms. The zero-order chi connectivity index (χ0) is 19.9. The van der Waals surface area contributed by atoms with Crippen LogP contribution in [-0.2, 0) is 19.0 Å². The van der Waals surface area contributed by atoms with E-state index in [1.165, 1.54) is 0 Å². The number of piperazine rings is 1. The molecule has 0 N–H and O–H groups in total. The van der Waals surface area contributed by atoms with E-state index in [-0.39, 0.29) is 11.0 Å². The smallest absolute Gasteiger partial charge is 0.250 e. The van der Waals surface area contributed by atoms with E-state index in [1.807, 2.05) is 29.2 Å². The molecule has 0 aromatic carbocycles. The average Bonchev–Trinajstić information content (AvgIpc) is 3.10. The molecular formula is C21H28N6O. The molecule has 0 bridgehead atoms. The fraction of sp³-hybridized carbons (Fsp3) is 0.476. The Kier molecular flexibility index (Phi) is 4.71. The van der Waals surface area contributed by atoms with E-state index in [2.05, 4.69) is 41.6 Å². The minimum atomic E-state index is 0.00866. The van der Waals surface area contributed by atoms with Gasteiger partial charge in [-0.05, 0) is 17.7 Å². The third-order valence-corrected chi connectivity index (χ3v) is 5.38. The van der Waals surface area contributed by atoms with Gasteiger partial charge in [0.1, 0.15) is 5.52 Å². The fourth-order valence-corrected chi connectivity index (χ4v) is 3.58. The summed E-state index contributed by atoms with van der Waals surface area (Å²) in [5, 5.41) is 4.73. The molecule has 3 aromatic rings. The van der Waals surface area contributed by atoms with E-state index in [4.69, 9.17) is 5.10 Å². The second-order valence-electron chi connectivity index (χ2n) is 8.61. The van der Waals surface area contributed by atoms with Gasteiger partial charge in [0, 0.05) is 69.8 Å². The summed E-state index contributed by atoms with van der Waals surface area (Å²) in [7, 11) is 1.78. The standard InChI is InChI=1S/C21H28N6O/c1-21(2,3)18-14-17-20(22-6-8-27(17)23-18)26-11-9-25(10-12-26)15-16-5-7-24(4)19(28)13-16/h5-8,13-14H,9-12,15H2,1-4H3. The van der Waals surface area contributed by atoms with Gasteiger partial charge in [-0.3, -0.25) is 9.69 Å². The fourth-order valence-electron chi connectivity index (χ4n) is 3.58. The quantitative estimate of drug-likeness (QED) is 0.696. The zero-order valence-corrected chi connectivity index (χ0v) is 17.1. The highest BCUT2D eigenvalue weighted by atomic mass is 16.1. The summed E-state index contributed by atoms with van der Waals surface area (Å²) in [5.41, 5.74) is 3.26. The molecule has 0 amide bonds. The second-order valence-corrected chi connectivity index (χ2v) is 8.61. The van der Waals surface area contributed by atoms with Gasteiger partial charge in [-0.15, -0.1) is 0 Å². The maximum atomic E-state index is 11.8. The number of fused-ring (bicyclic) bond motifs is 1. The number of anilines is 1. The lowest BCUT2D eigenvalue weighted by Crippen LogP contribution is -2.46. The maximum Gasteiger partial charge on any atom is 0.250 e. The number of pyridine rings is 1. The Morgan fingerprint density at radius 1 is 1.07 bits per heavy atom. The van der Waals surface area contributed by atoms with Crippen LogP contribution >= 0.6 is 0 Å². The minimum Gasteiger partial charge on any atom is -0.352 e. The molecule has 28 heavy (non-hydrogen) atoms. The third kappa shape index (κ3) is 3.67. The number of hydrogen-bond acceptors (Lipinski definition) is 5. The van der Waals surface area contributed by atoms with Crippen LogP contribution in [0.15, 0.2) is 41.6 Å². The molecule has 7 nitrogen and oxygen atoms in total. The van der Waals surface area contributed by atoms with Crippen LogP contribution in [0.2, 0.25) is 0 Å². The number of rotatable bonds is 3. The monoisotopic (exact) mass is 380 g/mol. The Labute approximate surface area is 165 Å². The number of hydrogen-bond donors (Lipinski definition) is 0. The van der Waals surface area contributed by atoms with E-state index in [0.717, 1.165) is 55.3 Å². The molecule has 0 saturated carbocycles. The number of aryl methyl sites for hydroxylation is 1. The average molecular weight is 380 g/mol. The summed E-state index contributed by atoms with van der Waals surface area (Å²) in [6, 6.07) is 5.92. The highest BCUT2D eigenvalue weighted by Gasteiger charge is 2.23. The molecule has 1 fully saturated rings. The highest BCUT2D eigenvalue weighted by molar-refractivity contribution is 5.69. The van der Waals surface area contributed by atoms with Gasteiger partial charge in [-0.1, -0.05) is 20.8 Å². The first-order valence-electron chi connectivity index (χ1n) is 9.79. The number of aromatic nitrogens is 4. The first kappa shape index (κ1) is 18.7. The van der Waals surface area contributed by atoms with Crippen LogP contribution in [0.3, 0.4) is 0 Å². The van der Waals surface area contributed by atoms with Gasteiger partial charge in [0.15, 0.2) is 5.82 Å². The molecule has 0 radical (unpaired) electrons. The van der Waals surface area contributed by atoms with Crippen molar-refractivity contribution >= 4 is 11.3 Å². The molecule has 0 atom stereocenters. The van der Waals surface area contributed by atoms with E-state index in [0.29, 0.717) is 0 Å². The summed E-state index contributed by atoms with van der Waals surface area (Å²) in [6.45, 7) is 11.0. The van der Waals surface area contributed by atoms with Crippen LogP contribution in [0.4, 0.5) is 5.82 Å². The molecule has 3 aromatic heterocycles. The van der Waals surface area contributed by atoms with Gasteiger partial charge < -0.3 is 9.47 Å². The van der Waals surface area contributed by atoms with E-state index in [9.17, 15) is 4.79 Å². The maximum absolute atomic E-state index is 11.8. The number of nitrogens with zero attached hydrogens (tertiary/aromatic N) is 6. The Morgan fingerprint density at radius 3 is 2.50 bits per heavy atom. The van der Waals surface area contributed by atoms with E-state index >= 15 is 0 Å². The van der Waals surface area contributed by atoms with Gasteiger partial charge >= 0.3 is 0 Å². The molecular weight excluding hydrogens is 352 g/mol. The van der Waals surface area contributed by atoms with Crippen LogP contribution in [0.1, 0.15) is 32.0 Å². The topological polar surface area (TPSA) is 58.7 Å². The summed E-state index contributed by atoms with van der Waals surface area (Å²) in [6.07, 6.45) is 5.58. The summed E-state index contributed by atoms with van der Waals surface area (Å²) in [5.74, 6) is 0.999. The van der Waals surface area contributed by atoms with E-state index < -0.39 is 0 Å². The van der Waals surface area contributed by atoms with Crippen molar-refractivity contribution in [1.29, 1.82) is 0 Å². The second kappa shape index (κ2) is 7.05. The molecule has 1 aliphatic rings. The van der Waals surface area contributed by atoms with Crippen molar-refractivity contribution in [3.8, 4) is 0 Å². The molecule has 4 heterocycles. The highest BCUT2D eigenvalue weighted by Crippen LogP contribution is 2.26. The molecule has 148 valence electrons. The predicted octanol–water partition coefficient (Wildman–Crippen LogP) is 2.05. The van der Waals surface area contributed by atoms with Gasteiger partial charge in [-0.25, -0.2) is 9.50 Å². The lowest BCUT2D eigenvalue weighted by molar-refractivity contribution is 0.249. The van der Waals surface area contributed by atoms with E-state index in [1.54, 1.807) is 17.7 Å². The normalized spacial score (nSPS) is 16.1. The Hall–Kier alpha value is -2.67. The zero-order valence-electron chi connectivity index (χ0n) is 17.1. The van der Waals surface area contributed by atoms with Gasteiger partial charge in [-0.2, -0.15) is 5.10 Å². The van der Waals surface area contributed by atoms with Crippen LogP contribution in [0, 0.1) is 0 Å². The van der Waals surface area contributed by atoms with Crippen LogP contribution in [-0.4, -0.2) is 50.2 Å². The van der Waals surface area contributed by atoms with Crippen molar-refractivity contribution in [1.82, 2.24) is 24.1 Å². The van der Waals surface area contributed by atoms with Crippen molar-refractivity contribution in [3.63, 3.8) is 0 Å². The largest absolute Gasteiger partial charge is 0.352 e. The van der Waals surface area contributed by atoms with Gasteiger partial charge in [0.2, 0.25) is 0 Å². The molecule has 1 saturated heterocycles. The third-order valence-electron chi connectivity index (χ3n) is 5.38. The molecule has 0 aliphatic carbocycles. The Morgan fingerprint density at radius 2 is 1.82 bits per heavy atom. The summed E-state index contributed by atoms with van der Waals surface area (Å²) in [4.78, 5) is 21.2. The molecule has 4 rings (SSSR count). The lowest BCUT2D eigenvalue weighted by Gasteiger charge is -2.35. The SMILES string of the molecule is Cn1ccc(CN2CCN(c3nccn4nc(C(C)(C)C)cc34)CC2)cc1=O. The van der Waals surface area contributed by atoms with Crippen LogP contribution in [0.5, 0.6) is 0 Å².